The van der Waals surface area contributed by atoms with Crippen LogP contribution in [-0.4, -0.2) is 34.4 Å². The molecule has 0 radical (unpaired) electrons. The average Bonchev–Trinajstić information content (AvgIpc) is 3.23. The number of anilines is 2. The van der Waals surface area contributed by atoms with Crippen LogP contribution in [-0.2, 0) is 22.6 Å². The van der Waals surface area contributed by atoms with Gasteiger partial charge in [-0.1, -0.05) is 30.7 Å². The maximum Gasteiger partial charge on any atom is 0.255 e. The molecule has 0 bridgehead atoms. The topological polar surface area (TPSA) is 102 Å². The highest BCUT2D eigenvalue weighted by Gasteiger charge is 2.27. The molecule has 7 nitrogen and oxygen atoms in total. The molecule has 3 aromatic rings. The monoisotopic (exact) mass is 532 g/mol. The SMILES string of the molecule is CCC(Sc1cccc(NC(=O)c2ccc(C)cc2)c1)C(=O)Nc1sc2c(c1C#N)CCN(C(C)=O)C2. The maximum atomic E-state index is 13.2. The summed E-state index contributed by atoms with van der Waals surface area (Å²) in [6.07, 6.45) is 1.19. The van der Waals surface area contributed by atoms with Crippen LogP contribution in [0.3, 0.4) is 0 Å². The van der Waals surface area contributed by atoms with E-state index in [1.807, 2.05) is 50.2 Å². The van der Waals surface area contributed by atoms with E-state index in [1.165, 1.54) is 23.1 Å². The zero-order valence-electron chi connectivity index (χ0n) is 21.0. The van der Waals surface area contributed by atoms with Crippen LogP contribution in [0.25, 0.3) is 0 Å². The van der Waals surface area contributed by atoms with E-state index in [2.05, 4.69) is 16.7 Å². The first-order valence-electron chi connectivity index (χ1n) is 12.0. The van der Waals surface area contributed by atoms with Gasteiger partial charge in [0.15, 0.2) is 0 Å². The summed E-state index contributed by atoms with van der Waals surface area (Å²) < 4.78 is 0. The van der Waals surface area contributed by atoms with Gasteiger partial charge in [0.25, 0.3) is 5.91 Å². The summed E-state index contributed by atoms with van der Waals surface area (Å²) >= 11 is 2.79. The number of thioether (sulfide) groups is 1. The lowest BCUT2D eigenvalue weighted by Crippen LogP contribution is -2.33. The lowest BCUT2D eigenvalue weighted by atomic mass is 10.0. The smallest absolute Gasteiger partial charge is 0.255 e. The Kier molecular flexibility index (Phi) is 8.31. The molecule has 2 N–H and O–H groups in total. The predicted molar refractivity (Wildman–Crippen MR) is 148 cm³/mol. The van der Waals surface area contributed by atoms with Gasteiger partial charge in [-0.25, -0.2) is 0 Å². The third-order valence-corrected chi connectivity index (χ3v) is 8.69. The van der Waals surface area contributed by atoms with Crippen molar-refractivity contribution in [3.8, 4) is 6.07 Å². The molecule has 0 saturated carbocycles. The second-order valence-electron chi connectivity index (χ2n) is 8.86. The standard InChI is InChI=1S/C28H28N4O3S2/c1-4-24(27(35)31-28-23(15-29)22-12-13-32(18(3)33)16-25(22)37-28)36-21-7-5-6-20(14-21)30-26(34)19-10-8-17(2)9-11-19/h5-11,14,24H,4,12-13,16H2,1-3H3,(H,30,34)(H,31,35). The highest BCUT2D eigenvalue weighted by atomic mass is 32.2. The van der Waals surface area contributed by atoms with Gasteiger partial charge in [-0.3, -0.25) is 14.4 Å². The Balaban J connectivity index is 1.44. The highest BCUT2D eigenvalue weighted by molar-refractivity contribution is 8.00. The van der Waals surface area contributed by atoms with E-state index in [0.717, 1.165) is 20.9 Å². The minimum absolute atomic E-state index is 0.00266. The van der Waals surface area contributed by atoms with E-state index in [0.29, 0.717) is 47.7 Å². The number of benzene rings is 2. The number of carbonyl (C=O) groups excluding carboxylic acids is 3. The molecule has 0 aliphatic carbocycles. The van der Waals surface area contributed by atoms with E-state index in [9.17, 15) is 19.6 Å². The molecule has 1 aliphatic rings. The molecule has 0 saturated heterocycles. The number of carbonyl (C=O) groups is 3. The summed E-state index contributed by atoms with van der Waals surface area (Å²) in [5.74, 6) is -0.371. The largest absolute Gasteiger partial charge is 0.337 e. The fourth-order valence-electron chi connectivity index (χ4n) is 4.11. The van der Waals surface area contributed by atoms with Crippen molar-refractivity contribution >= 4 is 51.5 Å². The molecule has 1 aromatic heterocycles. The summed E-state index contributed by atoms with van der Waals surface area (Å²) in [7, 11) is 0. The summed E-state index contributed by atoms with van der Waals surface area (Å²) in [6, 6.07) is 17.0. The molecule has 0 spiro atoms. The molecular weight excluding hydrogens is 504 g/mol. The maximum absolute atomic E-state index is 13.2. The zero-order valence-corrected chi connectivity index (χ0v) is 22.6. The number of fused-ring (bicyclic) bond motifs is 1. The summed E-state index contributed by atoms with van der Waals surface area (Å²) in [5.41, 5.74) is 3.74. The molecule has 37 heavy (non-hydrogen) atoms. The molecule has 3 amide bonds. The van der Waals surface area contributed by atoms with Crippen LogP contribution in [0, 0.1) is 18.3 Å². The van der Waals surface area contributed by atoms with E-state index in [4.69, 9.17) is 0 Å². The van der Waals surface area contributed by atoms with Crippen molar-refractivity contribution in [3.63, 3.8) is 0 Å². The van der Waals surface area contributed by atoms with Crippen molar-refractivity contribution in [2.24, 2.45) is 0 Å². The molecule has 2 aromatic carbocycles. The van der Waals surface area contributed by atoms with E-state index in [-0.39, 0.29) is 23.0 Å². The van der Waals surface area contributed by atoms with Crippen molar-refractivity contribution in [1.82, 2.24) is 4.90 Å². The Morgan fingerprint density at radius 3 is 2.59 bits per heavy atom. The Morgan fingerprint density at radius 2 is 1.92 bits per heavy atom. The number of nitrogens with zero attached hydrogens (tertiary/aromatic N) is 2. The van der Waals surface area contributed by atoms with E-state index in [1.54, 1.807) is 24.0 Å². The molecule has 4 rings (SSSR count). The number of thiophene rings is 1. The Hall–Kier alpha value is -3.61. The van der Waals surface area contributed by atoms with Crippen LogP contribution in [0.2, 0.25) is 0 Å². The van der Waals surface area contributed by atoms with Gasteiger partial charge in [-0.05, 0) is 55.7 Å². The first-order valence-corrected chi connectivity index (χ1v) is 13.7. The Labute approximate surface area is 224 Å². The number of rotatable bonds is 7. The second-order valence-corrected chi connectivity index (χ2v) is 11.2. The third kappa shape index (κ3) is 6.21. The molecule has 190 valence electrons. The minimum Gasteiger partial charge on any atom is -0.337 e. The molecule has 0 fully saturated rings. The fraction of sp³-hybridized carbons (Fsp3) is 0.286. The Morgan fingerprint density at radius 1 is 1.16 bits per heavy atom. The average molecular weight is 533 g/mol. The second kappa shape index (κ2) is 11.6. The van der Waals surface area contributed by atoms with Gasteiger partial charge in [0.1, 0.15) is 11.1 Å². The number of hydrogen-bond acceptors (Lipinski definition) is 6. The van der Waals surface area contributed by atoms with Crippen molar-refractivity contribution in [2.75, 3.05) is 17.2 Å². The molecular formula is C28H28N4O3S2. The van der Waals surface area contributed by atoms with Crippen LogP contribution in [0.4, 0.5) is 10.7 Å². The Bertz CT molecular complexity index is 1380. The van der Waals surface area contributed by atoms with Crippen LogP contribution in [0.1, 0.15) is 52.2 Å². The zero-order chi connectivity index (χ0) is 26.5. The quantitative estimate of drug-likeness (QED) is 0.386. The molecule has 1 unspecified atom stereocenters. The lowest BCUT2D eigenvalue weighted by Gasteiger charge is -2.25. The molecule has 9 heteroatoms. The number of amides is 3. The van der Waals surface area contributed by atoms with Crippen molar-refractivity contribution in [2.45, 2.75) is 50.3 Å². The number of nitriles is 1. The van der Waals surface area contributed by atoms with Gasteiger partial charge in [-0.2, -0.15) is 5.26 Å². The van der Waals surface area contributed by atoms with Crippen LogP contribution < -0.4 is 10.6 Å². The molecule has 1 aliphatic heterocycles. The molecule has 1 atom stereocenters. The molecule has 2 heterocycles. The number of aryl methyl sites for hydroxylation is 1. The first kappa shape index (κ1) is 26.5. The van der Waals surface area contributed by atoms with Gasteiger partial charge in [0.2, 0.25) is 11.8 Å². The van der Waals surface area contributed by atoms with Crippen molar-refractivity contribution in [3.05, 3.63) is 75.7 Å². The van der Waals surface area contributed by atoms with Gasteiger partial charge in [0, 0.05) is 34.5 Å². The third-order valence-electron chi connectivity index (χ3n) is 6.20. The summed E-state index contributed by atoms with van der Waals surface area (Å²) in [5, 5.41) is 15.8. The fourth-order valence-corrected chi connectivity index (χ4v) is 6.34. The minimum atomic E-state index is -0.387. The normalized spacial score (nSPS) is 13.3. The van der Waals surface area contributed by atoms with Crippen LogP contribution in [0.5, 0.6) is 0 Å². The van der Waals surface area contributed by atoms with Gasteiger partial charge >= 0.3 is 0 Å². The van der Waals surface area contributed by atoms with Crippen molar-refractivity contribution in [1.29, 1.82) is 5.26 Å². The van der Waals surface area contributed by atoms with Crippen LogP contribution >= 0.6 is 23.1 Å². The van der Waals surface area contributed by atoms with Gasteiger partial charge < -0.3 is 15.5 Å². The summed E-state index contributed by atoms with van der Waals surface area (Å²) in [6.45, 7) is 6.49. The van der Waals surface area contributed by atoms with Gasteiger partial charge in [0.05, 0.1) is 17.4 Å². The van der Waals surface area contributed by atoms with Gasteiger partial charge in [-0.15, -0.1) is 23.1 Å². The van der Waals surface area contributed by atoms with Crippen molar-refractivity contribution < 1.29 is 14.4 Å². The van der Waals surface area contributed by atoms with E-state index < -0.39 is 0 Å². The lowest BCUT2D eigenvalue weighted by molar-refractivity contribution is -0.129. The number of nitrogens with one attached hydrogen (secondary N) is 2. The van der Waals surface area contributed by atoms with Crippen LogP contribution in [0.15, 0.2) is 53.4 Å². The summed E-state index contributed by atoms with van der Waals surface area (Å²) in [4.78, 5) is 41.1. The highest BCUT2D eigenvalue weighted by Crippen LogP contribution is 2.37. The first-order chi connectivity index (χ1) is 17.8. The van der Waals surface area contributed by atoms with E-state index >= 15 is 0 Å². The number of hydrogen-bond donors (Lipinski definition) is 2. The predicted octanol–water partition coefficient (Wildman–Crippen LogP) is 5.59.